The van der Waals surface area contributed by atoms with E-state index < -0.39 is 0 Å². The van der Waals surface area contributed by atoms with Crippen molar-refractivity contribution in [1.82, 2.24) is 5.32 Å². The molecule has 0 amide bonds. The highest BCUT2D eigenvalue weighted by Gasteiger charge is 2.18. The minimum atomic E-state index is 0.116. The number of benzene rings is 1. The Bertz CT molecular complexity index is 351. The summed E-state index contributed by atoms with van der Waals surface area (Å²) in [5, 5.41) is 12.2. The van der Waals surface area contributed by atoms with Crippen LogP contribution in [0.3, 0.4) is 0 Å². The minimum absolute atomic E-state index is 0.116. The molecule has 1 aliphatic rings. The van der Waals surface area contributed by atoms with E-state index in [0.717, 1.165) is 32.7 Å². The Hall–Kier alpha value is -1.10. The molecule has 1 aliphatic heterocycles. The van der Waals surface area contributed by atoms with E-state index in [9.17, 15) is 0 Å². The molecular formula is C16H26N2O2. The lowest BCUT2D eigenvalue weighted by molar-refractivity contribution is 0.0902. The zero-order chi connectivity index (χ0) is 14.0. The Kier molecular flexibility index (Phi) is 6.84. The first-order valence-corrected chi connectivity index (χ1v) is 7.62. The van der Waals surface area contributed by atoms with Crippen molar-refractivity contribution in [2.45, 2.75) is 25.3 Å². The van der Waals surface area contributed by atoms with Gasteiger partial charge < -0.3 is 20.1 Å². The van der Waals surface area contributed by atoms with Gasteiger partial charge in [-0.05, 0) is 37.9 Å². The molecule has 0 radical (unpaired) electrons. The number of ether oxygens (including phenoxy) is 1. The van der Waals surface area contributed by atoms with Crippen molar-refractivity contribution in [3.05, 3.63) is 30.3 Å². The highest BCUT2D eigenvalue weighted by molar-refractivity contribution is 5.46. The summed E-state index contributed by atoms with van der Waals surface area (Å²) in [6.45, 7) is 4.56. The minimum Gasteiger partial charge on any atom is -0.394 e. The largest absolute Gasteiger partial charge is 0.394 e. The number of hydrogen-bond donors (Lipinski definition) is 2. The second-order valence-corrected chi connectivity index (χ2v) is 5.24. The number of piperidine rings is 1. The molecular weight excluding hydrogens is 252 g/mol. The zero-order valence-electron chi connectivity index (χ0n) is 12.1. The van der Waals surface area contributed by atoms with Crippen LogP contribution in [0.2, 0.25) is 0 Å². The van der Waals surface area contributed by atoms with Crippen LogP contribution < -0.4 is 10.2 Å². The number of aliphatic hydroxyl groups is 1. The van der Waals surface area contributed by atoms with E-state index in [0.29, 0.717) is 12.6 Å². The molecule has 0 spiro atoms. The summed E-state index contributed by atoms with van der Waals surface area (Å²) in [4.78, 5) is 2.46. The molecule has 112 valence electrons. The molecule has 2 N–H and O–H groups in total. The molecule has 1 saturated heterocycles. The van der Waals surface area contributed by atoms with Crippen LogP contribution in [0.5, 0.6) is 0 Å². The van der Waals surface area contributed by atoms with Gasteiger partial charge in [-0.25, -0.2) is 0 Å². The number of para-hydroxylation sites is 1. The third kappa shape index (κ3) is 5.12. The number of nitrogens with zero attached hydrogens (tertiary/aromatic N) is 1. The maximum Gasteiger partial charge on any atom is 0.0697 e. The molecule has 1 fully saturated rings. The fraction of sp³-hybridized carbons (Fsp3) is 0.625. The SMILES string of the molecule is OCCOCCCNC1CCN(c2ccccc2)CC1. The number of nitrogens with one attached hydrogen (secondary N) is 1. The van der Waals surface area contributed by atoms with Gasteiger partial charge >= 0.3 is 0 Å². The Balaban J connectivity index is 1.58. The predicted molar refractivity (Wildman–Crippen MR) is 82.2 cm³/mol. The molecule has 1 aromatic carbocycles. The summed E-state index contributed by atoms with van der Waals surface area (Å²) >= 11 is 0. The molecule has 4 heteroatoms. The third-order valence-corrected chi connectivity index (χ3v) is 3.75. The number of aliphatic hydroxyl groups excluding tert-OH is 1. The van der Waals surface area contributed by atoms with E-state index >= 15 is 0 Å². The highest BCUT2D eigenvalue weighted by Crippen LogP contribution is 2.19. The van der Waals surface area contributed by atoms with Gasteiger partial charge in [-0.2, -0.15) is 0 Å². The average Bonchev–Trinajstić information content (AvgIpc) is 2.52. The molecule has 0 atom stereocenters. The first-order chi connectivity index (χ1) is 9.90. The number of rotatable bonds is 8. The van der Waals surface area contributed by atoms with E-state index in [4.69, 9.17) is 9.84 Å². The van der Waals surface area contributed by atoms with Gasteiger partial charge in [0.2, 0.25) is 0 Å². The lowest BCUT2D eigenvalue weighted by Gasteiger charge is -2.34. The van der Waals surface area contributed by atoms with Gasteiger partial charge in [0.15, 0.2) is 0 Å². The first kappa shape index (κ1) is 15.3. The molecule has 0 unspecified atom stereocenters. The van der Waals surface area contributed by atoms with Crippen molar-refractivity contribution in [2.75, 3.05) is 44.4 Å². The van der Waals surface area contributed by atoms with E-state index in [1.165, 1.54) is 18.5 Å². The van der Waals surface area contributed by atoms with E-state index in [1.807, 2.05) is 0 Å². The fourth-order valence-electron chi connectivity index (χ4n) is 2.63. The van der Waals surface area contributed by atoms with Crippen molar-refractivity contribution in [3.63, 3.8) is 0 Å². The molecule has 0 aromatic heterocycles. The van der Waals surface area contributed by atoms with Crippen molar-refractivity contribution in [2.24, 2.45) is 0 Å². The zero-order valence-corrected chi connectivity index (χ0v) is 12.1. The normalized spacial score (nSPS) is 16.6. The van der Waals surface area contributed by atoms with E-state index in [-0.39, 0.29) is 6.61 Å². The molecule has 20 heavy (non-hydrogen) atoms. The van der Waals surface area contributed by atoms with Crippen LogP contribution in [0.4, 0.5) is 5.69 Å². The lowest BCUT2D eigenvalue weighted by Crippen LogP contribution is -2.43. The Morgan fingerprint density at radius 3 is 2.60 bits per heavy atom. The van der Waals surface area contributed by atoms with Crippen LogP contribution in [0, 0.1) is 0 Å². The van der Waals surface area contributed by atoms with Gasteiger partial charge in [0.25, 0.3) is 0 Å². The third-order valence-electron chi connectivity index (χ3n) is 3.75. The quantitative estimate of drug-likeness (QED) is 0.710. The molecule has 0 bridgehead atoms. The topological polar surface area (TPSA) is 44.7 Å². The Morgan fingerprint density at radius 1 is 1.15 bits per heavy atom. The second-order valence-electron chi connectivity index (χ2n) is 5.24. The summed E-state index contributed by atoms with van der Waals surface area (Å²) in [6, 6.07) is 11.3. The molecule has 2 rings (SSSR count). The molecule has 0 saturated carbocycles. The van der Waals surface area contributed by atoms with Gasteiger partial charge in [0.05, 0.1) is 13.2 Å². The van der Waals surface area contributed by atoms with Crippen LogP contribution in [-0.4, -0.2) is 50.6 Å². The van der Waals surface area contributed by atoms with Crippen LogP contribution >= 0.6 is 0 Å². The molecule has 1 aromatic rings. The van der Waals surface area contributed by atoms with Crippen LogP contribution in [0.15, 0.2) is 30.3 Å². The summed E-state index contributed by atoms with van der Waals surface area (Å²) < 4.78 is 5.25. The summed E-state index contributed by atoms with van der Waals surface area (Å²) in [6.07, 6.45) is 3.41. The van der Waals surface area contributed by atoms with Crippen molar-refractivity contribution >= 4 is 5.69 Å². The molecule has 1 heterocycles. The average molecular weight is 278 g/mol. The van der Waals surface area contributed by atoms with E-state index in [2.05, 4.69) is 40.5 Å². The van der Waals surface area contributed by atoms with Gasteiger partial charge in [-0.1, -0.05) is 18.2 Å². The maximum atomic E-state index is 8.60. The summed E-state index contributed by atoms with van der Waals surface area (Å²) in [5.41, 5.74) is 1.34. The predicted octanol–water partition coefficient (Wildman–Crippen LogP) is 1.64. The van der Waals surface area contributed by atoms with Gasteiger partial charge in [0.1, 0.15) is 0 Å². The summed E-state index contributed by atoms with van der Waals surface area (Å²) in [5.74, 6) is 0. The second kappa shape index (κ2) is 8.95. The van der Waals surface area contributed by atoms with Gasteiger partial charge in [0, 0.05) is 31.4 Å². The van der Waals surface area contributed by atoms with Crippen LogP contribution in [0.1, 0.15) is 19.3 Å². The van der Waals surface area contributed by atoms with Crippen molar-refractivity contribution in [3.8, 4) is 0 Å². The smallest absolute Gasteiger partial charge is 0.0697 e. The lowest BCUT2D eigenvalue weighted by atomic mass is 10.0. The molecule has 0 aliphatic carbocycles. The van der Waals surface area contributed by atoms with Crippen LogP contribution in [0.25, 0.3) is 0 Å². The monoisotopic (exact) mass is 278 g/mol. The number of anilines is 1. The first-order valence-electron chi connectivity index (χ1n) is 7.62. The maximum absolute atomic E-state index is 8.60. The number of hydrogen-bond acceptors (Lipinski definition) is 4. The Labute approximate surface area is 121 Å². The fourth-order valence-corrected chi connectivity index (χ4v) is 2.63. The standard InChI is InChI=1S/C16H26N2O2/c19-12-14-20-13-4-9-17-15-7-10-18(11-8-15)16-5-2-1-3-6-16/h1-3,5-6,15,17,19H,4,7-14H2. The molecule has 4 nitrogen and oxygen atoms in total. The van der Waals surface area contributed by atoms with Gasteiger partial charge in [-0.15, -0.1) is 0 Å². The van der Waals surface area contributed by atoms with Gasteiger partial charge in [-0.3, -0.25) is 0 Å². The summed E-state index contributed by atoms with van der Waals surface area (Å²) in [7, 11) is 0. The van der Waals surface area contributed by atoms with Crippen LogP contribution in [-0.2, 0) is 4.74 Å². The Morgan fingerprint density at radius 2 is 1.90 bits per heavy atom. The van der Waals surface area contributed by atoms with E-state index in [1.54, 1.807) is 0 Å². The van der Waals surface area contributed by atoms with Crippen molar-refractivity contribution in [1.29, 1.82) is 0 Å². The highest BCUT2D eigenvalue weighted by atomic mass is 16.5. The van der Waals surface area contributed by atoms with Crippen molar-refractivity contribution < 1.29 is 9.84 Å².